The standard InChI is InChI=1S/C15H25NO9/c1-5-24-12(22)15(11(20)21,13(23)25-6-2)7-16-10(19)9(18)14(3,4)8-17/h9,17-18H,5-8H2,1-4H3,(H,16,19)(H,20,21)/t9-/m0/s1. The summed E-state index contributed by atoms with van der Waals surface area (Å²) in [5.41, 5.74) is -4.02. The Balaban J connectivity index is 5.57. The van der Waals surface area contributed by atoms with Crippen LogP contribution in [0.25, 0.3) is 0 Å². The number of carbonyl (C=O) groups excluding carboxylic acids is 3. The van der Waals surface area contributed by atoms with E-state index in [0.717, 1.165) is 0 Å². The van der Waals surface area contributed by atoms with E-state index in [1.54, 1.807) is 0 Å². The molecule has 4 N–H and O–H groups in total. The lowest BCUT2D eigenvalue weighted by Crippen LogP contribution is -2.57. The second-order valence-electron chi connectivity index (χ2n) is 5.92. The molecule has 1 amide bonds. The van der Waals surface area contributed by atoms with Gasteiger partial charge < -0.3 is 30.1 Å². The van der Waals surface area contributed by atoms with E-state index in [4.69, 9.17) is 5.11 Å². The Morgan fingerprint density at radius 1 is 1.04 bits per heavy atom. The number of nitrogens with one attached hydrogen (secondary N) is 1. The lowest BCUT2D eigenvalue weighted by Gasteiger charge is -2.29. The highest BCUT2D eigenvalue weighted by Crippen LogP contribution is 2.24. The Kier molecular flexibility index (Phi) is 8.51. The molecule has 0 unspecified atom stereocenters. The molecular formula is C15H25NO9. The molecule has 0 fully saturated rings. The molecule has 144 valence electrons. The van der Waals surface area contributed by atoms with Crippen molar-refractivity contribution < 1.29 is 44.0 Å². The minimum atomic E-state index is -2.80. The van der Waals surface area contributed by atoms with E-state index >= 15 is 0 Å². The van der Waals surface area contributed by atoms with Gasteiger partial charge in [-0.3, -0.25) is 19.2 Å². The molecule has 0 spiro atoms. The first-order chi connectivity index (χ1) is 11.5. The van der Waals surface area contributed by atoms with Crippen LogP contribution in [-0.2, 0) is 28.7 Å². The van der Waals surface area contributed by atoms with Crippen LogP contribution in [0, 0.1) is 10.8 Å². The molecule has 25 heavy (non-hydrogen) atoms. The Morgan fingerprint density at radius 2 is 1.48 bits per heavy atom. The van der Waals surface area contributed by atoms with Gasteiger partial charge in [0.2, 0.25) is 5.91 Å². The van der Waals surface area contributed by atoms with Crippen LogP contribution in [0.15, 0.2) is 0 Å². The van der Waals surface area contributed by atoms with E-state index in [1.807, 2.05) is 5.32 Å². The quantitative estimate of drug-likeness (QED) is 0.273. The van der Waals surface area contributed by atoms with Crippen molar-refractivity contribution >= 4 is 23.8 Å². The first-order valence-corrected chi connectivity index (χ1v) is 7.65. The number of aliphatic hydroxyl groups excluding tert-OH is 2. The molecule has 0 aromatic rings. The van der Waals surface area contributed by atoms with Gasteiger partial charge in [-0.25, -0.2) is 0 Å². The van der Waals surface area contributed by atoms with Gasteiger partial charge in [0.15, 0.2) is 0 Å². The third-order valence-electron chi connectivity index (χ3n) is 3.54. The SMILES string of the molecule is CCOC(=O)C(CNC(=O)[C@H](O)C(C)(C)CO)(C(=O)O)C(=O)OCC. The van der Waals surface area contributed by atoms with Crippen LogP contribution in [0.2, 0.25) is 0 Å². The fourth-order valence-corrected chi connectivity index (χ4v) is 1.74. The van der Waals surface area contributed by atoms with E-state index in [-0.39, 0.29) is 13.2 Å². The van der Waals surface area contributed by atoms with Gasteiger partial charge in [-0.1, -0.05) is 13.8 Å². The average molecular weight is 363 g/mol. The molecule has 0 radical (unpaired) electrons. The van der Waals surface area contributed by atoms with Crippen molar-refractivity contribution in [2.24, 2.45) is 10.8 Å². The minimum Gasteiger partial charge on any atom is -0.480 e. The molecule has 0 rings (SSSR count). The first kappa shape index (κ1) is 22.8. The summed E-state index contributed by atoms with van der Waals surface area (Å²) in [4.78, 5) is 47.8. The van der Waals surface area contributed by atoms with Crippen LogP contribution in [0.3, 0.4) is 0 Å². The molecule has 0 bridgehead atoms. The van der Waals surface area contributed by atoms with Crippen molar-refractivity contribution in [1.82, 2.24) is 5.32 Å². The molecule has 0 aliphatic carbocycles. The second kappa shape index (κ2) is 9.33. The van der Waals surface area contributed by atoms with Crippen molar-refractivity contribution in [1.29, 1.82) is 0 Å². The third-order valence-corrected chi connectivity index (χ3v) is 3.54. The summed E-state index contributed by atoms with van der Waals surface area (Å²) in [5.74, 6) is -5.70. The number of carboxylic acids is 1. The number of ether oxygens (including phenoxy) is 2. The molecule has 0 saturated carbocycles. The largest absolute Gasteiger partial charge is 0.480 e. The molecule has 0 heterocycles. The number of carboxylic acid groups (broad SMARTS) is 1. The Morgan fingerprint density at radius 3 is 1.80 bits per heavy atom. The number of aliphatic carboxylic acids is 1. The smallest absolute Gasteiger partial charge is 0.337 e. The second-order valence-corrected chi connectivity index (χ2v) is 5.92. The van der Waals surface area contributed by atoms with Crippen LogP contribution in [-0.4, -0.2) is 71.6 Å². The molecule has 0 aromatic heterocycles. The van der Waals surface area contributed by atoms with Crippen LogP contribution >= 0.6 is 0 Å². The summed E-state index contributed by atoms with van der Waals surface area (Å²) in [7, 11) is 0. The van der Waals surface area contributed by atoms with Crippen molar-refractivity contribution in [3.05, 3.63) is 0 Å². The Bertz CT molecular complexity index is 497. The highest BCUT2D eigenvalue weighted by Gasteiger charge is 2.57. The van der Waals surface area contributed by atoms with Gasteiger partial charge in [-0.15, -0.1) is 0 Å². The molecule has 0 aromatic carbocycles. The molecule has 10 heteroatoms. The van der Waals surface area contributed by atoms with E-state index in [9.17, 15) is 29.4 Å². The summed E-state index contributed by atoms with van der Waals surface area (Å²) in [6.07, 6.45) is -1.70. The average Bonchev–Trinajstić information content (AvgIpc) is 2.54. The topological polar surface area (TPSA) is 159 Å². The normalized spacial score (nSPS) is 12.9. The van der Waals surface area contributed by atoms with Gasteiger partial charge in [0.05, 0.1) is 26.4 Å². The Hall–Kier alpha value is -2.20. The first-order valence-electron chi connectivity index (χ1n) is 7.65. The molecule has 0 saturated heterocycles. The third kappa shape index (κ3) is 5.13. The zero-order valence-corrected chi connectivity index (χ0v) is 14.7. The lowest BCUT2D eigenvalue weighted by molar-refractivity contribution is -0.180. The summed E-state index contributed by atoms with van der Waals surface area (Å²) in [6.45, 7) is 3.75. The molecule has 10 nitrogen and oxygen atoms in total. The van der Waals surface area contributed by atoms with Gasteiger partial charge in [0.1, 0.15) is 6.10 Å². The maximum atomic E-state index is 12.1. The monoisotopic (exact) mass is 363 g/mol. The maximum absolute atomic E-state index is 12.1. The Labute approximate surface area is 145 Å². The fraction of sp³-hybridized carbons (Fsp3) is 0.733. The van der Waals surface area contributed by atoms with Gasteiger partial charge in [-0.05, 0) is 13.8 Å². The van der Waals surface area contributed by atoms with E-state index in [0.29, 0.717) is 0 Å². The van der Waals surface area contributed by atoms with Gasteiger partial charge >= 0.3 is 17.9 Å². The zero-order valence-electron chi connectivity index (χ0n) is 14.7. The summed E-state index contributed by atoms with van der Waals surface area (Å²) >= 11 is 0. The van der Waals surface area contributed by atoms with E-state index < -0.39 is 53.9 Å². The highest BCUT2D eigenvalue weighted by molar-refractivity contribution is 6.18. The van der Waals surface area contributed by atoms with Gasteiger partial charge in [-0.2, -0.15) is 0 Å². The zero-order chi connectivity index (χ0) is 19.8. The fourth-order valence-electron chi connectivity index (χ4n) is 1.74. The number of rotatable bonds is 10. The number of hydrogen-bond acceptors (Lipinski definition) is 8. The predicted octanol–water partition coefficient (Wildman–Crippen LogP) is -1.32. The van der Waals surface area contributed by atoms with Crippen molar-refractivity contribution in [3.8, 4) is 0 Å². The number of esters is 2. The van der Waals surface area contributed by atoms with Gasteiger partial charge in [0.25, 0.3) is 5.41 Å². The van der Waals surface area contributed by atoms with Crippen LogP contribution in [0.4, 0.5) is 0 Å². The molecule has 0 aliphatic rings. The minimum absolute atomic E-state index is 0.193. The number of amides is 1. The van der Waals surface area contributed by atoms with Crippen molar-refractivity contribution in [3.63, 3.8) is 0 Å². The van der Waals surface area contributed by atoms with Crippen LogP contribution < -0.4 is 5.32 Å². The maximum Gasteiger partial charge on any atom is 0.337 e. The summed E-state index contributed by atoms with van der Waals surface area (Å²) < 4.78 is 9.29. The van der Waals surface area contributed by atoms with Crippen LogP contribution in [0.1, 0.15) is 27.7 Å². The number of aliphatic hydroxyl groups is 2. The van der Waals surface area contributed by atoms with Crippen molar-refractivity contribution in [2.45, 2.75) is 33.8 Å². The summed E-state index contributed by atoms with van der Waals surface area (Å²) in [5, 5.41) is 30.5. The van der Waals surface area contributed by atoms with Gasteiger partial charge in [0, 0.05) is 5.41 Å². The lowest BCUT2D eigenvalue weighted by atomic mass is 9.85. The molecule has 1 atom stereocenters. The predicted molar refractivity (Wildman–Crippen MR) is 83.2 cm³/mol. The number of carbonyl (C=O) groups is 4. The summed E-state index contributed by atoms with van der Waals surface area (Å²) in [6, 6.07) is 0. The number of hydrogen-bond donors (Lipinski definition) is 4. The van der Waals surface area contributed by atoms with E-state index in [1.165, 1.54) is 27.7 Å². The highest BCUT2D eigenvalue weighted by atomic mass is 16.6. The van der Waals surface area contributed by atoms with Crippen LogP contribution in [0.5, 0.6) is 0 Å². The molecular weight excluding hydrogens is 338 g/mol. The van der Waals surface area contributed by atoms with E-state index in [2.05, 4.69) is 9.47 Å². The van der Waals surface area contributed by atoms with Crippen molar-refractivity contribution in [2.75, 3.05) is 26.4 Å². The molecule has 0 aliphatic heterocycles.